The third-order valence-electron chi connectivity index (χ3n) is 4.88. The predicted molar refractivity (Wildman–Crippen MR) is 96.0 cm³/mol. The van der Waals surface area contributed by atoms with E-state index in [-0.39, 0.29) is 5.69 Å². The van der Waals surface area contributed by atoms with Crippen molar-refractivity contribution in [3.8, 4) is 0 Å². The van der Waals surface area contributed by atoms with Crippen LogP contribution in [-0.4, -0.2) is 20.8 Å². The van der Waals surface area contributed by atoms with Gasteiger partial charge in [0.25, 0.3) is 0 Å². The van der Waals surface area contributed by atoms with E-state index in [0.29, 0.717) is 4.90 Å². The van der Waals surface area contributed by atoms with Gasteiger partial charge in [-0.25, -0.2) is 43.9 Å². The summed E-state index contributed by atoms with van der Waals surface area (Å²) < 4.78 is 141. The molecule has 32 heavy (non-hydrogen) atoms. The third-order valence-corrected chi connectivity index (χ3v) is 4.88. The Labute approximate surface area is 175 Å². The molecule has 0 heterocycles. The summed E-state index contributed by atoms with van der Waals surface area (Å²) in [6.45, 7) is -2.57. The lowest BCUT2D eigenvalue weighted by molar-refractivity contribution is -0.785. The van der Waals surface area contributed by atoms with Crippen molar-refractivity contribution in [2.24, 2.45) is 0 Å². The Kier molecular flexibility index (Phi) is 6.27. The van der Waals surface area contributed by atoms with Crippen molar-refractivity contribution in [3.05, 3.63) is 82.4 Å². The maximum atomic E-state index is 14.7. The van der Waals surface area contributed by atoms with Gasteiger partial charge in [0.15, 0.2) is 34.9 Å². The first-order valence-corrected chi connectivity index (χ1v) is 8.83. The Morgan fingerprint density at radius 3 is 1.16 bits per heavy atom. The molecule has 0 aliphatic heterocycles. The minimum Gasteiger partial charge on any atom is -0.310 e. The highest BCUT2D eigenvalue weighted by atomic mass is 19.2. The second kappa shape index (κ2) is 8.49. The second-order valence-corrected chi connectivity index (χ2v) is 6.99. The third kappa shape index (κ3) is 3.52. The molecular weight excluding hydrogens is 455 g/mol. The molecule has 0 aromatic heterocycles. The summed E-state index contributed by atoms with van der Waals surface area (Å²) in [6.07, 6.45) is 0. The molecule has 0 fully saturated rings. The van der Waals surface area contributed by atoms with Crippen molar-refractivity contribution in [1.29, 1.82) is 0 Å². The SMILES string of the molecule is C[NH+](C)c1ccccc1[B-](c1c(F)c(F)c(F)c(F)c1F)c1c(F)c(F)c(F)c(F)c1F. The lowest BCUT2D eigenvalue weighted by Crippen LogP contribution is -3.01. The van der Waals surface area contributed by atoms with Crippen molar-refractivity contribution < 1.29 is 48.8 Å². The number of para-hydroxylation sites is 1. The molecule has 0 bridgehead atoms. The minimum absolute atomic E-state index is 0.0328. The summed E-state index contributed by atoms with van der Waals surface area (Å²) in [5.74, 6) is -24.8. The maximum absolute atomic E-state index is 14.7. The van der Waals surface area contributed by atoms with E-state index in [9.17, 15) is 43.9 Å². The van der Waals surface area contributed by atoms with E-state index in [0.717, 1.165) is 6.07 Å². The number of hydrogen-bond donors (Lipinski definition) is 1. The van der Waals surface area contributed by atoms with Gasteiger partial charge in [-0.2, -0.15) is 16.4 Å². The smallest absolute Gasteiger partial charge is 0.200 e. The average Bonchev–Trinajstić information content (AvgIpc) is 2.77. The largest absolute Gasteiger partial charge is 0.310 e. The molecule has 169 valence electrons. The molecule has 3 aromatic carbocycles. The second-order valence-electron chi connectivity index (χ2n) is 6.99. The van der Waals surface area contributed by atoms with Gasteiger partial charge in [-0.05, 0) is 12.8 Å². The fourth-order valence-electron chi connectivity index (χ4n) is 3.41. The predicted octanol–water partition coefficient (Wildman–Crippen LogP) is 2.37. The van der Waals surface area contributed by atoms with E-state index in [1.54, 1.807) is 0 Å². The zero-order valence-corrected chi connectivity index (χ0v) is 16.2. The van der Waals surface area contributed by atoms with E-state index in [4.69, 9.17) is 0 Å². The molecule has 0 unspecified atom stereocenters. The van der Waals surface area contributed by atoms with Crippen LogP contribution in [0.25, 0.3) is 0 Å². The number of hydrogen-bond acceptors (Lipinski definition) is 0. The first kappa shape index (κ1) is 23.6. The Morgan fingerprint density at radius 2 is 0.812 bits per heavy atom. The molecule has 0 spiro atoms. The van der Waals surface area contributed by atoms with E-state index in [1.165, 1.54) is 32.3 Å². The fraction of sp³-hybridized carbons (Fsp3) is 0.100. The quantitative estimate of drug-likeness (QED) is 0.261. The van der Waals surface area contributed by atoms with Crippen molar-refractivity contribution in [3.63, 3.8) is 0 Å². The standard InChI is InChI=1S/C20H10BF10N/c1-32(2)8-6-4-3-5-7(8)21(9-11(22)15(26)19(30)16(27)12(9)23)10-13(24)17(28)20(31)18(29)14(10)25/h3-6H,1-2H3/q-1/p+1. The zero-order valence-electron chi connectivity index (χ0n) is 16.2. The number of nitrogens with one attached hydrogen (secondary N) is 1. The summed E-state index contributed by atoms with van der Waals surface area (Å²) >= 11 is 0. The van der Waals surface area contributed by atoms with Crippen LogP contribution < -0.4 is 21.3 Å². The molecule has 12 heteroatoms. The summed E-state index contributed by atoms with van der Waals surface area (Å²) in [5, 5.41) is 0. The van der Waals surface area contributed by atoms with Gasteiger partial charge < -0.3 is 4.90 Å². The van der Waals surface area contributed by atoms with Gasteiger partial charge >= 0.3 is 0 Å². The minimum atomic E-state index is -2.57. The van der Waals surface area contributed by atoms with Crippen LogP contribution in [0.15, 0.2) is 24.3 Å². The normalized spacial score (nSPS) is 11.7. The van der Waals surface area contributed by atoms with Crippen LogP contribution in [0.1, 0.15) is 0 Å². The summed E-state index contributed by atoms with van der Waals surface area (Å²) in [5.41, 5.74) is -3.94. The Hall–Kier alpha value is -3.02. The topological polar surface area (TPSA) is 4.44 Å². The van der Waals surface area contributed by atoms with Gasteiger partial charge in [0.1, 0.15) is 23.3 Å². The van der Waals surface area contributed by atoms with Crippen molar-refractivity contribution >= 4 is 28.8 Å². The van der Waals surface area contributed by atoms with Crippen LogP contribution in [0.2, 0.25) is 0 Å². The zero-order chi connectivity index (χ0) is 24.1. The maximum Gasteiger partial charge on any atom is 0.200 e. The molecular formula is C20H11BF10N. The number of rotatable bonds is 4. The van der Waals surface area contributed by atoms with Gasteiger partial charge in [-0.3, -0.25) is 0 Å². The summed E-state index contributed by atoms with van der Waals surface area (Å²) in [7, 11) is 2.90. The first-order chi connectivity index (χ1) is 14.9. The van der Waals surface area contributed by atoms with E-state index >= 15 is 0 Å². The monoisotopic (exact) mass is 466 g/mol. The van der Waals surface area contributed by atoms with Crippen LogP contribution in [-0.2, 0) is 0 Å². The van der Waals surface area contributed by atoms with Gasteiger partial charge in [0.05, 0.1) is 19.8 Å². The van der Waals surface area contributed by atoms with Crippen molar-refractivity contribution in [2.75, 3.05) is 14.1 Å². The molecule has 0 saturated heterocycles. The van der Waals surface area contributed by atoms with E-state index < -0.39 is 81.3 Å². The van der Waals surface area contributed by atoms with Crippen molar-refractivity contribution in [1.82, 2.24) is 0 Å². The van der Waals surface area contributed by atoms with Gasteiger partial charge in [-0.1, -0.05) is 18.2 Å². The molecule has 3 rings (SSSR count). The van der Waals surface area contributed by atoms with E-state index in [2.05, 4.69) is 0 Å². The molecule has 1 radical (unpaired) electrons. The van der Waals surface area contributed by atoms with Crippen LogP contribution in [0.3, 0.4) is 0 Å². The van der Waals surface area contributed by atoms with Crippen LogP contribution in [0.5, 0.6) is 0 Å². The van der Waals surface area contributed by atoms with Gasteiger partial charge in [-0.15, -0.1) is 0 Å². The first-order valence-electron chi connectivity index (χ1n) is 8.83. The van der Waals surface area contributed by atoms with Crippen LogP contribution in [0.4, 0.5) is 49.6 Å². The fourth-order valence-corrected chi connectivity index (χ4v) is 3.41. The Bertz CT molecular complexity index is 1100. The summed E-state index contributed by atoms with van der Waals surface area (Å²) in [6, 6.07) is 4.89. The van der Waals surface area contributed by atoms with Gasteiger partial charge in [0.2, 0.25) is 0 Å². The van der Waals surface area contributed by atoms with Crippen molar-refractivity contribution in [2.45, 2.75) is 0 Å². The molecule has 0 saturated carbocycles. The molecule has 1 nitrogen and oxygen atoms in total. The summed E-state index contributed by atoms with van der Waals surface area (Å²) in [4.78, 5) is 0.360. The Balaban J connectivity index is 2.58. The average molecular weight is 466 g/mol. The lowest BCUT2D eigenvalue weighted by Gasteiger charge is -2.34. The molecule has 0 aliphatic carbocycles. The highest BCUT2D eigenvalue weighted by molar-refractivity contribution is 6.96. The molecule has 0 atom stereocenters. The van der Waals surface area contributed by atoms with Crippen LogP contribution in [0, 0.1) is 58.2 Å². The lowest BCUT2D eigenvalue weighted by atomic mass is 9.35. The number of benzene rings is 3. The van der Waals surface area contributed by atoms with Gasteiger partial charge in [0, 0.05) is 0 Å². The molecule has 0 aliphatic rings. The van der Waals surface area contributed by atoms with Crippen LogP contribution >= 0.6 is 0 Å². The number of quaternary nitrogens is 1. The number of halogens is 10. The molecule has 3 aromatic rings. The molecule has 0 amide bonds. The highest BCUT2D eigenvalue weighted by Crippen LogP contribution is 2.21. The highest BCUT2D eigenvalue weighted by Gasteiger charge is 2.32. The Morgan fingerprint density at radius 1 is 0.500 bits per heavy atom. The van der Waals surface area contributed by atoms with E-state index in [1.807, 2.05) is 0 Å². The molecule has 1 N–H and O–H groups in total.